The minimum absolute atomic E-state index is 0.145. The van der Waals surface area contributed by atoms with E-state index in [9.17, 15) is 4.79 Å². The molecular weight excluding hydrogens is 346 g/mol. The highest BCUT2D eigenvalue weighted by Crippen LogP contribution is 2.19. The minimum Gasteiger partial charge on any atom is -0.459 e. The predicted molar refractivity (Wildman–Crippen MR) is 97.4 cm³/mol. The van der Waals surface area contributed by atoms with Crippen LogP contribution in [0.25, 0.3) is 11.7 Å². The van der Waals surface area contributed by atoms with Crippen molar-refractivity contribution in [2.75, 3.05) is 18.4 Å². The summed E-state index contributed by atoms with van der Waals surface area (Å²) in [5, 5.41) is 19.9. The number of anilines is 1. The first-order chi connectivity index (χ1) is 13.2. The van der Waals surface area contributed by atoms with Crippen LogP contribution in [0, 0.1) is 11.3 Å². The predicted octanol–water partition coefficient (Wildman–Crippen LogP) is 3.05. The molecule has 8 nitrogen and oxygen atoms in total. The first kappa shape index (κ1) is 18.4. The molecule has 0 spiro atoms. The number of hydrogen-bond donors (Lipinski definition) is 1. The average Bonchev–Trinajstić information content (AvgIpc) is 3.34. The Morgan fingerprint density at radius 2 is 2.11 bits per heavy atom. The van der Waals surface area contributed by atoms with Gasteiger partial charge in [0.1, 0.15) is 6.07 Å². The molecule has 3 aromatic rings. The lowest BCUT2D eigenvalue weighted by atomic mass is 10.2. The number of nitrogens with one attached hydrogen (secondary N) is 1. The van der Waals surface area contributed by atoms with Crippen LogP contribution in [0.4, 0.5) is 5.69 Å². The maximum atomic E-state index is 12.4. The quantitative estimate of drug-likeness (QED) is 0.653. The lowest BCUT2D eigenvalue weighted by Gasteiger charge is -2.19. The van der Waals surface area contributed by atoms with Gasteiger partial charge in [0.2, 0.25) is 11.8 Å². The molecule has 0 saturated heterocycles. The second-order valence-corrected chi connectivity index (χ2v) is 5.89. The summed E-state index contributed by atoms with van der Waals surface area (Å²) in [7, 11) is 0. The summed E-state index contributed by atoms with van der Waals surface area (Å²) >= 11 is 0. The fourth-order valence-electron chi connectivity index (χ4n) is 2.62. The molecule has 0 aliphatic heterocycles. The van der Waals surface area contributed by atoms with E-state index in [1.54, 1.807) is 36.4 Å². The summed E-state index contributed by atoms with van der Waals surface area (Å²) in [5.41, 5.74) is 0.923. The van der Waals surface area contributed by atoms with Crippen LogP contribution in [0.5, 0.6) is 0 Å². The molecule has 0 bridgehead atoms. The summed E-state index contributed by atoms with van der Waals surface area (Å²) in [6, 6.07) is 12.4. The van der Waals surface area contributed by atoms with Gasteiger partial charge in [-0.3, -0.25) is 9.69 Å². The molecule has 0 atom stereocenters. The van der Waals surface area contributed by atoms with E-state index in [1.807, 2.05) is 11.8 Å². The largest absolute Gasteiger partial charge is 0.459 e. The second kappa shape index (κ2) is 8.78. The Bertz CT molecular complexity index is 927. The van der Waals surface area contributed by atoms with Gasteiger partial charge in [0.15, 0.2) is 5.76 Å². The van der Waals surface area contributed by atoms with Gasteiger partial charge in [-0.05, 0) is 37.2 Å². The number of carbonyl (C=O) groups is 1. The monoisotopic (exact) mass is 365 g/mol. The van der Waals surface area contributed by atoms with Gasteiger partial charge in [0, 0.05) is 0 Å². The number of hydrogen-bond acceptors (Lipinski definition) is 7. The third-order valence-electron chi connectivity index (χ3n) is 3.79. The first-order valence-electron chi connectivity index (χ1n) is 8.57. The highest BCUT2D eigenvalue weighted by molar-refractivity contribution is 5.93. The number of amides is 1. The number of furan rings is 1. The molecule has 27 heavy (non-hydrogen) atoms. The van der Waals surface area contributed by atoms with Crippen LogP contribution >= 0.6 is 0 Å². The summed E-state index contributed by atoms with van der Waals surface area (Å²) < 4.78 is 10.8. The van der Waals surface area contributed by atoms with E-state index in [0.29, 0.717) is 41.9 Å². The number of nitrogens with zero attached hydrogens (tertiary/aromatic N) is 4. The number of para-hydroxylation sites is 1. The number of nitriles is 1. The fraction of sp³-hybridized carbons (Fsp3) is 0.263. The Hall–Kier alpha value is -3.44. The maximum absolute atomic E-state index is 12.4. The van der Waals surface area contributed by atoms with E-state index in [2.05, 4.69) is 21.6 Å². The Balaban J connectivity index is 1.63. The minimum atomic E-state index is -0.211. The molecule has 1 aromatic carbocycles. The van der Waals surface area contributed by atoms with Crippen molar-refractivity contribution in [1.29, 1.82) is 5.26 Å². The third-order valence-corrected chi connectivity index (χ3v) is 3.79. The zero-order chi connectivity index (χ0) is 19.1. The smallest absolute Gasteiger partial charge is 0.283 e. The Morgan fingerprint density at radius 1 is 1.26 bits per heavy atom. The molecule has 0 aliphatic rings. The topological polar surface area (TPSA) is 108 Å². The van der Waals surface area contributed by atoms with Crippen molar-refractivity contribution in [3.63, 3.8) is 0 Å². The zero-order valence-electron chi connectivity index (χ0n) is 14.9. The van der Waals surface area contributed by atoms with Gasteiger partial charge in [0.05, 0.1) is 30.6 Å². The van der Waals surface area contributed by atoms with Crippen molar-refractivity contribution >= 4 is 11.6 Å². The number of benzene rings is 1. The normalized spacial score (nSPS) is 10.7. The van der Waals surface area contributed by atoms with Crippen LogP contribution in [-0.2, 0) is 11.3 Å². The highest BCUT2D eigenvalue weighted by atomic mass is 16.4. The molecule has 3 rings (SSSR count). The molecule has 0 radical (unpaired) electrons. The van der Waals surface area contributed by atoms with Crippen LogP contribution < -0.4 is 5.32 Å². The number of carbonyl (C=O) groups excluding carboxylic acids is 1. The van der Waals surface area contributed by atoms with Crippen molar-refractivity contribution in [3.05, 3.63) is 54.1 Å². The molecule has 2 aromatic heterocycles. The lowest BCUT2D eigenvalue weighted by Crippen LogP contribution is -2.33. The van der Waals surface area contributed by atoms with Gasteiger partial charge in [-0.2, -0.15) is 5.26 Å². The van der Waals surface area contributed by atoms with Crippen molar-refractivity contribution in [2.45, 2.75) is 19.9 Å². The SMILES string of the molecule is CCCN(CC(=O)Nc1ccccc1C#N)Cc1nnc(-c2ccco2)o1. The summed E-state index contributed by atoms with van der Waals surface area (Å²) in [5.74, 6) is 0.998. The number of rotatable bonds is 8. The van der Waals surface area contributed by atoms with Gasteiger partial charge in [-0.1, -0.05) is 19.1 Å². The van der Waals surface area contributed by atoms with E-state index < -0.39 is 0 Å². The van der Waals surface area contributed by atoms with Crippen LogP contribution in [-0.4, -0.2) is 34.1 Å². The highest BCUT2D eigenvalue weighted by Gasteiger charge is 2.17. The van der Waals surface area contributed by atoms with E-state index >= 15 is 0 Å². The van der Waals surface area contributed by atoms with E-state index in [4.69, 9.17) is 14.1 Å². The van der Waals surface area contributed by atoms with Crippen molar-refractivity contribution in [1.82, 2.24) is 15.1 Å². The third kappa shape index (κ3) is 4.80. The average molecular weight is 365 g/mol. The summed E-state index contributed by atoms with van der Waals surface area (Å²) in [6.45, 7) is 3.20. The Labute approximate surface area is 156 Å². The molecular formula is C19H19N5O3. The Morgan fingerprint density at radius 3 is 2.85 bits per heavy atom. The molecule has 0 fully saturated rings. The van der Waals surface area contributed by atoms with Crippen molar-refractivity contribution < 1.29 is 13.6 Å². The molecule has 0 unspecified atom stereocenters. The zero-order valence-corrected chi connectivity index (χ0v) is 14.9. The molecule has 0 saturated carbocycles. The van der Waals surface area contributed by atoms with Crippen molar-refractivity contribution in [3.8, 4) is 17.7 Å². The summed E-state index contributed by atoms with van der Waals surface area (Å²) in [6.07, 6.45) is 2.40. The molecule has 1 N–H and O–H groups in total. The van der Waals surface area contributed by atoms with Crippen LogP contribution in [0.15, 0.2) is 51.5 Å². The van der Waals surface area contributed by atoms with E-state index in [1.165, 1.54) is 6.26 Å². The molecule has 138 valence electrons. The van der Waals surface area contributed by atoms with Crippen LogP contribution in [0.2, 0.25) is 0 Å². The number of aromatic nitrogens is 2. The fourth-order valence-corrected chi connectivity index (χ4v) is 2.62. The Kier molecular flexibility index (Phi) is 5.97. The first-order valence-corrected chi connectivity index (χ1v) is 8.57. The standard InChI is InChI=1S/C19H19N5O3/c1-2-9-24(12-17(25)21-15-7-4-3-6-14(15)11-20)13-18-22-23-19(27-18)16-8-5-10-26-16/h3-8,10H,2,9,12-13H2,1H3,(H,21,25). The summed E-state index contributed by atoms with van der Waals surface area (Å²) in [4.78, 5) is 14.3. The van der Waals surface area contributed by atoms with Crippen LogP contribution in [0.3, 0.4) is 0 Å². The second-order valence-electron chi connectivity index (χ2n) is 5.89. The van der Waals surface area contributed by atoms with E-state index in [0.717, 1.165) is 6.42 Å². The van der Waals surface area contributed by atoms with Crippen molar-refractivity contribution in [2.24, 2.45) is 0 Å². The van der Waals surface area contributed by atoms with Crippen LogP contribution in [0.1, 0.15) is 24.8 Å². The maximum Gasteiger partial charge on any atom is 0.283 e. The van der Waals surface area contributed by atoms with Gasteiger partial charge < -0.3 is 14.2 Å². The van der Waals surface area contributed by atoms with Gasteiger partial charge in [0.25, 0.3) is 5.89 Å². The molecule has 2 heterocycles. The lowest BCUT2D eigenvalue weighted by molar-refractivity contribution is -0.117. The van der Waals surface area contributed by atoms with Gasteiger partial charge in [-0.25, -0.2) is 0 Å². The molecule has 0 aliphatic carbocycles. The van der Waals surface area contributed by atoms with Gasteiger partial charge >= 0.3 is 0 Å². The molecule has 1 amide bonds. The van der Waals surface area contributed by atoms with Gasteiger partial charge in [-0.15, -0.1) is 10.2 Å². The van der Waals surface area contributed by atoms with E-state index in [-0.39, 0.29) is 12.5 Å². The molecule has 8 heteroatoms.